The Balaban J connectivity index is 2.04. The molecule has 1 aromatic carbocycles. The first-order valence-electron chi connectivity index (χ1n) is 5.64. The van der Waals surface area contributed by atoms with Crippen molar-refractivity contribution in [3.63, 3.8) is 0 Å². The van der Waals surface area contributed by atoms with Gasteiger partial charge in [-0.25, -0.2) is 4.39 Å². The van der Waals surface area contributed by atoms with E-state index in [1.165, 1.54) is 29.9 Å². The fraction of sp³-hybridized carbons (Fsp3) is 0.200. The molecule has 1 fully saturated rings. The molecule has 0 aliphatic heterocycles. The van der Waals surface area contributed by atoms with E-state index in [4.69, 9.17) is 6.42 Å². The Kier molecular flexibility index (Phi) is 2.49. The van der Waals surface area contributed by atoms with Crippen molar-refractivity contribution >= 4 is 11.3 Å². The lowest BCUT2D eigenvalue weighted by Gasteiger charge is -2.01. The van der Waals surface area contributed by atoms with E-state index >= 15 is 0 Å². The van der Waals surface area contributed by atoms with Crippen LogP contribution in [-0.2, 0) is 0 Å². The van der Waals surface area contributed by atoms with Crippen molar-refractivity contribution < 1.29 is 4.39 Å². The second-order valence-corrected chi connectivity index (χ2v) is 5.43. The van der Waals surface area contributed by atoms with Gasteiger partial charge < -0.3 is 0 Å². The van der Waals surface area contributed by atoms with Crippen molar-refractivity contribution in [1.82, 2.24) is 0 Å². The summed E-state index contributed by atoms with van der Waals surface area (Å²) in [5, 5.41) is 0. The zero-order chi connectivity index (χ0) is 11.8. The van der Waals surface area contributed by atoms with Crippen LogP contribution < -0.4 is 0 Å². The summed E-state index contributed by atoms with van der Waals surface area (Å²) in [6.45, 7) is 0. The lowest BCUT2D eigenvalue weighted by atomic mass is 10.1. The first kappa shape index (κ1) is 10.6. The highest BCUT2D eigenvalue weighted by Crippen LogP contribution is 2.45. The van der Waals surface area contributed by atoms with Crippen LogP contribution in [0.2, 0.25) is 0 Å². The topological polar surface area (TPSA) is 0 Å². The van der Waals surface area contributed by atoms with E-state index < -0.39 is 0 Å². The summed E-state index contributed by atoms with van der Waals surface area (Å²) >= 11 is 1.77. The minimum Gasteiger partial charge on any atom is -0.207 e. The third-order valence-electron chi connectivity index (χ3n) is 3.01. The molecule has 1 aliphatic carbocycles. The lowest BCUT2D eigenvalue weighted by molar-refractivity contribution is 0.627. The Hall–Kier alpha value is -1.59. The lowest BCUT2D eigenvalue weighted by Crippen LogP contribution is -1.83. The summed E-state index contributed by atoms with van der Waals surface area (Å²) in [7, 11) is 0. The number of halogens is 1. The van der Waals surface area contributed by atoms with Crippen molar-refractivity contribution in [2.75, 3.05) is 0 Å². The molecule has 0 unspecified atom stereocenters. The summed E-state index contributed by atoms with van der Waals surface area (Å²) in [6.07, 6.45) is 8.02. The number of benzene rings is 1. The Bertz CT molecular complexity index is 600. The van der Waals surface area contributed by atoms with Gasteiger partial charge in [-0.05, 0) is 49.1 Å². The predicted molar refractivity (Wildman–Crippen MR) is 69.6 cm³/mol. The van der Waals surface area contributed by atoms with Gasteiger partial charge >= 0.3 is 0 Å². The van der Waals surface area contributed by atoms with Crippen molar-refractivity contribution in [3.05, 3.63) is 46.6 Å². The van der Waals surface area contributed by atoms with Crippen LogP contribution in [0.3, 0.4) is 0 Å². The van der Waals surface area contributed by atoms with Crippen LogP contribution in [0.4, 0.5) is 4.39 Å². The number of terminal acetylenes is 1. The quantitative estimate of drug-likeness (QED) is 0.684. The number of hydrogen-bond donors (Lipinski definition) is 0. The molecule has 2 heteroatoms. The van der Waals surface area contributed by atoms with Crippen LogP contribution in [-0.4, -0.2) is 0 Å². The standard InChI is InChI=1S/C15H11FS/c1-2-10-9-12(16)5-6-13(10)15-8-7-14(17-15)11-3-4-11/h1,5-9,11H,3-4H2. The van der Waals surface area contributed by atoms with Gasteiger partial charge in [0.2, 0.25) is 0 Å². The van der Waals surface area contributed by atoms with Gasteiger partial charge in [-0.2, -0.15) is 0 Å². The summed E-state index contributed by atoms with van der Waals surface area (Å²) in [4.78, 5) is 2.56. The molecule has 0 spiro atoms. The molecule has 1 saturated carbocycles. The van der Waals surface area contributed by atoms with Gasteiger partial charge in [0, 0.05) is 20.9 Å². The molecule has 17 heavy (non-hydrogen) atoms. The van der Waals surface area contributed by atoms with Gasteiger partial charge in [0.1, 0.15) is 5.82 Å². The zero-order valence-electron chi connectivity index (χ0n) is 9.24. The normalized spacial score (nSPS) is 14.6. The molecule has 0 atom stereocenters. The first-order chi connectivity index (χ1) is 8.28. The second-order valence-electron chi connectivity index (χ2n) is 4.31. The Morgan fingerprint density at radius 3 is 2.76 bits per heavy atom. The Morgan fingerprint density at radius 1 is 1.24 bits per heavy atom. The van der Waals surface area contributed by atoms with Crippen LogP contribution >= 0.6 is 11.3 Å². The van der Waals surface area contributed by atoms with Crippen molar-refractivity contribution in [3.8, 4) is 22.8 Å². The first-order valence-corrected chi connectivity index (χ1v) is 6.46. The summed E-state index contributed by atoms with van der Waals surface area (Å²) in [5.41, 5.74) is 1.60. The molecule has 0 amide bonds. The Morgan fingerprint density at radius 2 is 2.06 bits per heavy atom. The van der Waals surface area contributed by atoms with Gasteiger partial charge in [0.25, 0.3) is 0 Å². The Labute approximate surface area is 104 Å². The minimum atomic E-state index is -0.277. The molecular weight excluding hydrogens is 231 g/mol. The third kappa shape index (κ3) is 1.99. The smallest absolute Gasteiger partial charge is 0.124 e. The molecule has 3 rings (SSSR count). The van der Waals surface area contributed by atoms with E-state index in [9.17, 15) is 4.39 Å². The monoisotopic (exact) mass is 242 g/mol. The molecule has 1 aliphatic rings. The highest BCUT2D eigenvalue weighted by Gasteiger charge is 2.25. The molecule has 84 valence electrons. The van der Waals surface area contributed by atoms with Gasteiger partial charge in [0.05, 0.1) is 0 Å². The van der Waals surface area contributed by atoms with E-state index in [2.05, 4.69) is 18.1 Å². The summed E-state index contributed by atoms with van der Waals surface area (Å²) in [6, 6.07) is 8.92. The van der Waals surface area contributed by atoms with Gasteiger partial charge in [-0.3, -0.25) is 0 Å². The maximum absolute atomic E-state index is 13.1. The fourth-order valence-electron chi connectivity index (χ4n) is 1.94. The molecule has 0 bridgehead atoms. The van der Waals surface area contributed by atoms with E-state index in [-0.39, 0.29) is 5.82 Å². The molecule has 0 radical (unpaired) electrons. The van der Waals surface area contributed by atoms with Gasteiger partial charge in [-0.1, -0.05) is 5.92 Å². The van der Waals surface area contributed by atoms with E-state index in [0.717, 1.165) is 16.4 Å². The maximum Gasteiger partial charge on any atom is 0.124 e. The van der Waals surface area contributed by atoms with Crippen LogP contribution in [0.5, 0.6) is 0 Å². The van der Waals surface area contributed by atoms with Crippen molar-refractivity contribution in [1.29, 1.82) is 0 Å². The summed E-state index contributed by atoms with van der Waals surface area (Å²) in [5.74, 6) is 3.03. The third-order valence-corrected chi connectivity index (χ3v) is 4.29. The second kappa shape index (κ2) is 4.01. The summed E-state index contributed by atoms with van der Waals surface area (Å²) < 4.78 is 13.1. The largest absolute Gasteiger partial charge is 0.207 e. The average molecular weight is 242 g/mol. The SMILES string of the molecule is C#Cc1cc(F)ccc1-c1ccc(C2CC2)s1. The molecule has 1 aromatic heterocycles. The van der Waals surface area contributed by atoms with Crippen molar-refractivity contribution in [2.45, 2.75) is 18.8 Å². The average Bonchev–Trinajstić information content (AvgIpc) is 3.08. The number of thiophene rings is 1. The van der Waals surface area contributed by atoms with Crippen LogP contribution in [0, 0.1) is 18.2 Å². The van der Waals surface area contributed by atoms with E-state index in [1.807, 2.05) is 0 Å². The molecule has 0 N–H and O–H groups in total. The molecule has 0 nitrogen and oxygen atoms in total. The van der Waals surface area contributed by atoms with Crippen molar-refractivity contribution in [2.24, 2.45) is 0 Å². The van der Waals surface area contributed by atoms with Gasteiger partial charge in [0.15, 0.2) is 0 Å². The highest BCUT2D eigenvalue weighted by molar-refractivity contribution is 7.15. The minimum absolute atomic E-state index is 0.277. The zero-order valence-corrected chi connectivity index (χ0v) is 10.1. The van der Waals surface area contributed by atoms with Crippen LogP contribution in [0.1, 0.15) is 29.2 Å². The number of hydrogen-bond acceptors (Lipinski definition) is 1. The molecular formula is C15H11FS. The van der Waals surface area contributed by atoms with Crippen LogP contribution in [0.15, 0.2) is 30.3 Å². The fourth-order valence-corrected chi connectivity index (χ4v) is 3.15. The van der Waals surface area contributed by atoms with E-state index in [0.29, 0.717) is 5.56 Å². The van der Waals surface area contributed by atoms with Crippen LogP contribution in [0.25, 0.3) is 10.4 Å². The molecule has 2 aromatic rings. The van der Waals surface area contributed by atoms with E-state index in [1.54, 1.807) is 17.4 Å². The maximum atomic E-state index is 13.1. The molecule has 1 heterocycles. The predicted octanol–water partition coefficient (Wildman–Crippen LogP) is 4.41. The number of rotatable bonds is 2. The molecule has 0 saturated heterocycles. The van der Waals surface area contributed by atoms with Gasteiger partial charge in [-0.15, -0.1) is 17.8 Å². The highest BCUT2D eigenvalue weighted by atomic mass is 32.1.